The average Bonchev–Trinajstić information content (AvgIpc) is 2.41. The molecule has 0 radical (unpaired) electrons. The first-order chi connectivity index (χ1) is 9.87. The standard InChI is InChI=1S/C17H29ClN2O/c1-5-6-9-20(10-11-21)16-12-15(18)8-7-14(16)13-19-17(2,3)4/h7-8,12,19,21H,5-6,9-11,13H2,1-4H3. The Bertz CT molecular complexity index is 429. The number of nitrogens with one attached hydrogen (secondary N) is 1. The maximum atomic E-state index is 9.33. The van der Waals surface area contributed by atoms with Gasteiger partial charge in [0, 0.05) is 35.9 Å². The molecule has 0 fully saturated rings. The van der Waals surface area contributed by atoms with Crippen LogP contribution in [-0.4, -0.2) is 30.3 Å². The van der Waals surface area contributed by atoms with Crippen molar-refractivity contribution in [2.45, 2.75) is 52.6 Å². The molecule has 0 amide bonds. The second kappa shape index (κ2) is 8.62. The van der Waals surface area contributed by atoms with Crippen LogP contribution in [-0.2, 0) is 6.54 Å². The van der Waals surface area contributed by atoms with E-state index in [1.807, 2.05) is 12.1 Å². The van der Waals surface area contributed by atoms with E-state index in [0.717, 1.165) is 36.6 Å². The third-order valence-corrected chi connectivity index (χ3v) is 3.58. The first kappa shape index (κ1) is 18.3. The fourth-order valence-corrected chi connectivity index (χ4v) is 2.33. The highest BCUT2D eigenvalue weighted by Gasteiger charge is 2.14. The highest BCUT2D eigenvalue weighted by Crippen LogP contribution is 2.26. The highest BCUT2D eigenvalue weighted by atomic mass is 35.5. The number of hydrogen-bond donors (Lipinski definition) is 2. The van der Waals surface area contributed by atoms with Crippen molar-refractivity contribution in [3.8, 4) is 0 Å². The van der Waals surface area contributed by atoms with E-state index < -0.39 is 0 Å². The van der Waals surface area contributed by atoms with Gasteiger partial charge >= 0.3 is 0 Å². The molecular formula is C17H29ClN2O. The van der Waals surface area contributed by atoms with Gasteiger partial charge in [-0.3, -0.25) is 0 Å². The lowest BCUT2D eigenvalue weighted by molar-refractivity contribution is 0.301. The van der Waals surface area contributed by atoms with Crippen molar-refractivity contribution in [3.05, 3.63) is 28.8 Å². The van der Waals surface area contributed by atoms with Crippen LogP contribution in [0.1, 0.15) is 46.1 Å². The quantitative estimate of drug-likeness (QED) is 0.766. The van der Waals surface area contributed by atoms with E-state index in [4.69, 9.17) is 11.6 Å². The second-order valence-electron chi connectivity index (χ2n) is 6.44. The number of halogens is 1. The molecule has 0 aromatic heterocycles. The summed E-state index contributed by atoms with van der Waals surface area (Å²) in [7, 11) is 0. The summed E-state index contributed by atoms with van der Waals surface area (Å²) in [6.07, 6.45) is 2.25. The Labute approximate surface area is 134 Å². The summed E-state index contributed by atoms with van der Waals surface area (Å²) in [5.41, 5.74) is 2.42. The molecule has 2 N–H and O–H groups in total. The third-order valence-electron chi connectivity index (χ3n) is 3.35. The number of rotatable bonds is 8. The Morgan fingerprint density at radius 2 is 1.95 bits per heavy atom. The van der Waals surface area contributed by atoms with E-state index in [2.05, 4.69) is 44.0 Å². The van der Waals surface area contributed by atoms with Gasteiger partial charge in [-0.1, -0.05) is 31.0 Å². The smallest absolute Gasteiger partial charge is 0.0606 e. The molecule has 0 bridgehead atoms. The lowest BCUT2D eigenvalue weighted by atomic mass is 10.1. The predicted molar refractivity (Wildman–Crippen MR) is 92.3 cm³/mol. The molecule has 0 heterocycles. The van der Waals surface area contributed by atoms with Gasteiger partial charge in [0.25, 0.3) is 0 Å². The number of benzene rings is 1. The Hall–Kier alpha value is -0.770. The minimum atomic E-state index is 0.0716. The van der Waals surface area contributed by atoms with Gasteiger partial charge in [-0.05, 0) is 44.9 Å². The zero-order valence-electron chi connectivity index (χ0n) is 13.7. The fraction of sp³-hybridized carbons (Fsp3) is 0.647. The molecule has 0 saturated heterocycles. The highest BCUT2D eigenvalue weighted by molar-refractivity contribution is 6.30. The molecule has 1 rings (SSSR count). The molecule has 3 nitrogen and oxygen atoms in total. The van der Waals surface area contributed by atoms with Crippen molar-refractivity contribution < 1.29 is 5.11 Å². The average molecular weight is 313 g/mol. The number of aliphatic hydroxyl groups is 1. The Morgan fingerprint density at radius 1 is 1.24 bits per heavy atom. The van der Waals surface area contributed by atoms with E-state index in [-0.39, 0.29) is 12.1 Å². The van der Waals surface area contributed by atoms with Crippen LogP contribution in [0.3, 0.4) is 0 Å². The molecule has 0 aliphatic carbocycles. The molecule has 120 valence electrons. The minimum absolute atomic E-state index is 0.0716. The van der Waals surface area contributed by atoms with Crippen molar-refractivity contribution in [1.82, 2.24) is 5.32 Å². The van der Waals surface area contributed by atoms with E-state index in [1.165, 1.54) is 5.56 Å². The van der Waals surface area contributed by atoms with Crippen molar-refractivity contribution in [3.63, 3.8) is 0 Å². The molecule has 21 heavy (non-hydrogen) atoms. The van der Waals surface area contributed by atoms with Crippen LogP contribution in [0.5, 0.6) is 0 Å². The van der Waals surface area contributed by atoms with Gasteiger partial charge in [0.1, 0.15) is 0 Å². The van der Waals surface area contributed by atoms with Crippen LogP contribution in [0.15, 0.2) is 18.2 Å². The van der Waals surface area contributed by atoms with Crippen molar-refractivity contribution in [1.29, 1.82) is 0 Å². The van der Waals surface area contributed by atoms with Crippen LogP contribution >= 0.6 is 11.6 Å². The molecule has 0 aliphatic heterocycles. The molecule has 1 aromatic carbocycles. The summed E-state index contributed by atoms with van der Waals surface area (Å²) in [4.78, 5) is 2.23. The SMILES string of the molecule is CCCCN(CCO)c1cc(Cl)ccc1CNC(C)(C)C. The molecule has 1 aromatic rings. The lowest BCUT2D eigenvalue weighted by Crippen LogP contribution is -2.36. The lowest BCUT2D eigenvalue weighted by Gasteiger charge is -2.28. The van der Waals surface area contributed by atoms with Gasteiger partial charge < -0.3 is 15.3 Å². The van der Waals surface area contributed by atoms with Crippen LogP contribution < -0.4 is 10.2 Å². The van der Waals surface area contributed by atoms with E-state index in [1.54, 1.807) is 0 Å². The van der Waals surface area contributed by atoms with Gasteiger partial charge in [-0.2, -0.15) is 0 Å². The van der Waals surface area contributed by atoms with Crippen LogP contribution in [0.25, 0.3) is 0 Å². The summed E-state index contributed by atoms with van der Waals surface area (Å²) >= 11 is 6.18. The second-order valence-corrected chi connectivity index (χ2v) is 6.88. The van der Waals surface area contributed by atoms with E-state index >= 15 is 0 Å². The summed E-state index contributed by atoms with van der Waals surface area (Å²) in [6.45, 7) is 11.2. The molecule has 0 atom stereocenters. The summed E-state index contributed by atoms with van der Waals surface area (Å²) in [5.74, 6) is 0. The molecule has 4 heteroatoms. The first-order valence-corrected chi connectivity index (χ1v) is 8.14. The van der Waals surface area contributed by atoms with Gasteiger partial charge in [0.15, 0.2) is 0 Å². The van der Waals surface area contributed by atoms with Gasteiger partial charge in [0.05, 0.1) is 6.61 Å². The summed E-state index contributed by atoms with van der Waals surface area (Å²) in [6, 6.07) is 6.01. The number of nitrogens with zero attached hydrogens (tertiary/aromatic N) is 1. The number of unbranched alkanes of at least 4 members (excludes halogenated alkanes) is 1. The third kappa shape index (κ3) is 6.68. The maximum Gasteiger partial charge on any atom is 0.0606 e. The monoisotopic (exact) mass is 312 g/mol. The predicted octanol–water partition coefficient (Wildman–Crippen LogP) is 3.83. The zero-order valence-corrected chi connectivity index (χ0v) is 14.5. The van der Waals surface area contributed by atoms with Crippen molar-refractivity contribution >= 4 is 17.3 Å². The van der Waals surface area contributed by atoms with Crippen LogP contribution in [0, 0.1) is 0 Å². The number of hydrogen-bond acceptors (Lipinski definition) is 3. The fourth-order valence-electron chi connectivity index (χ4n) is 2.16. The Morgan fingerprint density at radius 3 is 2.52 bits per heavy atom. The Balaban J connectivity index is 2.96. The summed E-state index contributed by atoms with van der Waals surface area (Å²) < 4.78 is 0. The van der Waals surface area contributed by atoms with E-state index in [0.29, 0.717) is 6.54 Å². The van der Waals surface area contributed by atoms with Gasteiger partial charge in [0.2, 0.25) is 0 Å². The molecule has 0 unspecified atom stereocenters. The molecule has 0 spiro atoms. The molecular weight excluding hydrogens is 284 g/mol. The maximum absolute atomic E-state index is 9.33. The number of aliphatic hydroxyl groups excluding tert-OH is 1. The number of anilines is 1. The van der Waals surface area contributed by atoms with E-state index in [9.17, 15) is 5.11 Å². The van der Waals surface area contributed by atoms with Crippen molar-refractivity contribution in [2.24, 2.45) is 0 Å². The van der Waals surface area contributed by atoms with Crippen LogP contribution in [0.2, 0.25) is 5.02 Å². The zero-order chi connectivity index (χ0) is 15.9. The summed E-state index contributed by atoms with van der Waals surface area (Å²) in [5, 5.41) is 13.6. The largest absolute Gasteiger partial charge is 0.395 e. The first-order valence-electron chi connectivity index (χ1n) is 7.76. The normalized spacial score (nSPS) is 11.7. The van der Waals surface area contributed by atoms with Gasteiger partial charge in [-0.25, -0.2) is 0 Å². The molecule has 0 aliphatic rings. The topological polar surface area (TPSA) is 35.5 Å². The minimum Gasteiger partial charge on any atom is -0.395 e. The van der Waals surface area contributed by atoms with Gasteiger partial charge in [-0.15, -0.1) is 0 Å². The van der Waals surface area contributed by atoms with Crippen LogP contribution in [0.4, 0.5) is 5.69 Å². The van der Waals surface area contributed by atoms with Crippen molar-refractivity contribution in [2.75, 3.05) is 24.6 Å². The molecule has 0 saturated carbocycles. The Kier molecular flexibility index (Phi) is 7.50.